The van der Waals surface area contributed by atoms with Crippen molar-refractivity contribution >= 4 is 34.1 Å². The van der Waals surface area contributed by atoms with E-state index in [2.05, 4.69) is 17.2 Å². The normalized spacial score (nSPS) is 16.9. The lowest BCUT2D eigenvalue weighted by Gasteiger charge is -2.15. The summed E-state index contributed by atoms with van der Waals surface area (Å²) in [6, 6.07) is 3.61. The second-order valence-corrected chi connectivity index (χ2v) is 7.78. The van der Waals surface area contributed by atoms with Gasteiger partial charge in [0, 0.05) is 9.77 Å². The van der Waals surface area contributed by atoms with Crippen LogP contribution in [0.15, 0.2) is 23.1 Å². The zero-order valence-electron chi connectivity index (χ0n) is 12.6. The molecule has 1 atom stereocenters. The number of benzene rings is 1. The van der Waals surface area contributed by atoms with Crippen LogP contribution >= 0.6 is 23.1 Å². The van der Waals surface area contributed by atoms with Gasteiger partial charge in [0.05, 0.1) is 11.4 Å². The van der Waals surface area contributed by atoms with E-state index in [4.69, 9.17) is 0 Å². The van der Waals surface area contributed by atoms with Crippen LogP contribution in [0, 0.1) is 17.6 Å². The fourth-order valence-corrected chi connectivity index (χ4v) is 4.37. The molecule has 0 saturated carbocycles. The van der Waals surface area contributed by atoms with Crippen LogP contribution < -0.4 is 5.32 Å². The minimum atomic E-state index is -0.905. The van der Waals surface area contributed by atoms with Crippen LogP contribution in [0.1, 0.15) is 23.9 Å². The predicted octanol–water partition coefficient (Wildman–Crippen LogP) is 4.28. The number of amides is 1. The maximum atomic E-state index is 13.1. The van der Waals surface area contributed by atoms with Gasteiger partial charge >= 0.3 is 0 Å². The Bertz CT molecular complexity index is 733. The first-order chi connectivity index (χ1) is 11.0. The van der Waals surface area contributed by atoms with Crippen LogP contribution in [0.4, 0.5) is 13.9 Å². The molecule has 1 N–H and O–H groups in total. The molecule has 3 nitrogen and oxygen atoms in total. The van der Waals surface area contributed by atoms with Gasteiger partial charge in [0.2, 0.25) is 5.91 Å². The summed E-state index contributed by atoms with van der Waals surface area (Å²) < 4.78 is 26.0. The highest BCUT2D eigenvalue weighted by Crippen LogP contribution is 2.32. The number of aromatic nitrogens is 1. The number of nitrogens with zero attached hydrogens (tertiary/aromatic N) is 1. The third-order valence-corrected chi connectivity index (χ3v) is 5.72. The number of thioether (sulfide) groups is 1. The molecular weight excluding hydrogens is 338 g/mol. The number of nitrogens with one attached hydrogen (secondary N) is 1. The predicted molar refractivity (Wildman–Crippen MR) is 89.0 cm³/mol. The Morgan fingerprint density at radius 1 is 1.43 bits per heavy atom. The Morgan fingerprint density at radius 3 is 3.04 bits per heavy atom. The number of fused-ring (bicyclic) bond motifs is 1. The number of anilines is 1. The summed E-state index contributed by atoms with van der Waals surface area (Å²) in [6.07, 6.45) is 3.12. The number of hydrogen-bond donors (Lipinski definition) is 1. The molecule has 0 fully saturated rings. The van der Waals surface area contributed by atoms with Crippen LogP contribution in [0.25, 0.3) is 0 Å². The number of hydrogen-bond acceptors (Lipinski definition) is 4. The molecule has 0 spiro atoms. The zero-order valence-corrected chi connectivity index (χ0v) is 14.2. The van der Waals surface area contributed by atoms with E-state index < -0.39 is 11.6 Å². The monoisotopic (exact) mass is 354 g/mol. The molecule has 7 heteroatoms. The van der Waals surface area contributed by atoms with Gasteiger partial charge in [-0.25, -0.2) is 13.8 Å². The van der Waals surface area contributed by atoms with E-state index in [9.17, 15) is 13.6 Å². The Kier molecular flexibility index (Phi) is 4.96. The van der Waals surface area contributed by atoms with Crippen molar-refractivity contribution in [1.82, 2.24) is 4.98 Å². The summed E-state index contributed by atoms with van der Waals surface area (Å²) in [5.41, 5.74) is 1.09. The molecule has 1 aromatic heterocycles. The summed E-state index contributed by atoms with van der Waals surface area (Å²) in [4.78, 5) is 18.2. The van der Waals surface area contributed by atoms with Crippen molar-refractivity contribution in [2.75, 3.05) is 11.1 Å². The second kappa shape index (κ2) is 6.97. The summed E-state index contributed by atoms with van der Waals surface area (Å²) in [7, 11) is 0. The maximum absolute atomic E-state index is 13.1. The standard InChI is InChI=1S/C16H16F2N2OS2/c1-9-2-5-13-14(6-9)23-16(19-13)20-15(21)8-22-10-3-4-11(17)12(18)7-10/h3-4,7,9H,2,5-6,8H2,1H3,(H,19,20,21). The van der Waals surface area contributed by atoms with E-state index in [0.29, 0.717) is 15.9 Å². The highest BCUT2D eigenvalue weighted by atomic mass is 32.2. The fraction of sp³-hybridized carbons (Fsp3) is 0.375. The van der Waals surface area contributed by atoms with E-state index in [1.54, 1.807) is 0 Å². The number of thiazole rings is 1. The average molecular weight is 354 g/mol. The molecule has 122 valence electrons. The SMILES string of the molecule is CC1CCc2nc(NC(=O)CSc3ccc(F)c(F)c3)sc2C1. The molecule has 0 radical (unpaired) electrons. The van der Waals surface area contributed by atoms with E-state index in [0.717, 1.165) is 48.9 Å². The minimum Gasteiger partial charge on any atom is -0.301 e. The van der Waals surface area contributed by atoms with Crippen molar-refractivity contribution in [3.8, 4) is 0 Å². The molecule has 23 heavy (non-hydrogen) atoms. The van der Waals surface area contributed by atoms with Crippen molar-refractivity contribution < 1.29 is 13.6 Å². The maximum Gasteiger partial charge on any atom is 0.236 e. The first-order valence-corrected chi connectivity index (χ1v) is 9.17. The third-order valence-electron chi connectivity index (χ3n) is 3.69. The number of aryl methyl sites for hydroxylation is 1. The lowest BCUT2D eigenvalue weighted by molar-refractivity contribution is -0.113. The summed E-state index contributed by atoms with van der Waals surface area (Å²) in [5.74, 6) is -1.20. The van der Waals surface area contributed by atoms with Crippen LogP contribution in [-0.2, 0) is 17.6 Å². The summed E-state index contributed by atoms with van der Waals surface area (Å²) in [6.45, 7) is 2.22. The molecule has 1 heterocycles. The largest absolute Gasteiger partial charge is 0.301 e. The van der Waals surface area contributed by atoms with Gasteiger partial charge in [-0.1, -0.05) is 6.92 Å². The molecule has 0 saturated heterocycles. The van der Waals surface area contributed by atoms with E-state index >= 15 is 0 Å². The lowest BCUT2D eigenvalue weighted by atomic mass is 9.93. The van der Waals surface area contributed by atoms with Crippen LogP contribution in [0.3, 0.4) is 0 Å². The van der Waals surface area contributed by atoms with Crippen molar-refractivity contribution in [3.63, 3.8) is 0 Å². The van der Waals surface area contributed by atoms with Gasteiger partial charge in [0.25, 0.3) is 0 Å². The van der Waals surface area contributed by atoms with Crippen molar-refractivity contribution in [2.24, 2.45) is 5.92 Å². The molecule has 1 aliphatic rings. The van der Waals surface area contributed by atoms with Crippen LogP contribution in [-0.4, -0.2) is 16.6 Å². The molecule has 3 rings (SSSR count). The van der Waals surface area contributed by atoms with E-state index in [-0.39, 0.29) is 11.7 Å². The number of carbonyl (C=O) groups is 1. The highest BCUT2D eigenvalue weighted by molar-refractivity contribution is 8.00. The molecule has 0 aliphatic heterocycles. The van der Waals surface area contributed by atoms with Gasteiger partial charge in [-0.3, -0.25) is 4.79 Å². The van der Waals surface area contributed by atoms with Crippen LogP contribution in [0.2, 0.25) is 0 Å². The molecule has 1 aliphatic carbocycles. The quantitative estimate of drug-likeness (QED) is 0.834. The van der Waals surface area contributed by atoms with Crippen molar-refractivity contribution in [2.45, 2.75) is 31.1 Å². The zero-order chi connectivity index (χ0) is 16.4. The summed E-state index contributed by atoms with van der Waals surface area (Å²) >= 11 is 2.70. The molecule has 0 bridgehead atoms. The molecule has 1 unspecified atom stereocenters. The molecular formula is C16H16F2N2OS2. The van der Waals surface area contributed by atoms with Crippen molar-refractivity contribution in [3.05, 3.63) is 40.4 Å². The first-order valence-electron chi connectivity index (χ1n) is 7.37. The fourth-order valence-electron chi connectivity index (χ4n) is 2.46. The number of halogens is 2. The van der Waals surface area contributed by atoms with Gasteiger partial charge in [0.1, 0.15) is 0 Å². The molecule has 2 aromatic rings. The van der Waals surface area contributed by atoms with Crippen LogP contribution in [0.5, 0.6) is 0 Å². The summed E-state index contributed by atoms with van der Waals surface area (Å²) in [5, 5.41) is 3.42. The third kappa shape index (κ3) is 4.09. The molecule has 1 amide bonds. The number of rotatable bonds is 4. The lowest BCUT2D eigenvalue weighted by Crippen LogP contribution is -2.14. The minimum absolute atomic E-state index is 0.131. The van der Waals surface area contributed by atoms with Gasteiger partial charge in [0.15, 0.2) is 16.8 Å². The van der Waals surface area contributed by atoms with Gasteiger partial charge < -0.3 is 5.32 Å². The Balaban J connectivity index is 1.56. The van der Waals surface area contributed by atoms with E-state index in [1.807, 2.05) is 0 Å². The van der Waals surface area contributed by atoms with Gasteiger partial charge in [-0.2, -0.15) is 0 Å². The Morgan fingerprint density at radius 2 is 2.26 bits per heavy atom. The Hall–Kier alpha value is -1.47. The Labute approximate surface area is 141 Å². The molecule has 1 aromatic carbocycles. The topological polar surface area (TPSA) is 42.0 Å². The highest BCUT2D eigenvalue weighted by Gasteiger charge is 2.20. The smallest absolute Gasteiger partial charge is 0.236 e. The van der Waals surface area contributed by atoms with E-state index in [1.165, 1.54) is 22.3 Å². The number of carbonyl (C=O) groups excluding carboxylic acids is 1. The second-order valence-electron chi connectivity index (χ2n) is 5.65. The van der Waals surface area contributed by atoms with Gasteiger partial charge in [-0.15, -0.1) is 23.1 Å². The van der Waals surface area contributed by atoms with Crippen molar-refractivity contribution in [1.29, 1.82) is 0 Å². The van der Waals surface area contributed by atoms with Gasteiger partial charge in [-0.05, 0) is 43.4 Å². The average Bonchev–Trinajstić information content (AvgIpc) is 2.89. The first kappa shape index (κ1) is 16.4.